The fourth-order valence-electron chi connectivity index (χ4n) is 4.75. The summed E-state index contributed by atoms with van der Waals surface area (Å²) < 4.78 is 10.8. The molecule has 0 radical (unpaired) electrons. The van der Waals surface area contributed by atoms with E-state index in [0.717, 1.165) is 21.7 Å². The van der Waals surface area contributed by atoms with E-state index >= 15 is 0 Å². The molecule has 0 aliphatic carbocycles. The summed E-state index contributed by atoms with van der Waals surface area (Å²) in [6, 6.07) is 38.2. The first kappa shape index (κ1) is 33.6. The zero-order chi connectivity index (χ0) is 33.9. The van der Waals surface area contributed by atoms with Crippen LogP contribution in [0.2, 0.25) is 0 Å². The maximum atomic E-state index is 13.6. The molecule has 0 aliphatic rings. The lowest BCUT2D eigenvalue weighted by Crippen LogP contribution is -2.30. The Balaban J connectivity index is 1.36. The van der Waals surface area contributed by atoms with Crippen LogP contribution in [0.1, 0.15) is 32.3 Å². The van der Waals surface area contributed by atoms with E-state index in [9.17, 15) is 14.4 Å². The van der Waals surface area contributed by atoms with Crippen molar-refractivity contribution >= 4 is 46.9 Å². The second-order valence-electron chi connectivity index (χ2n) is 10.7. The van der Waals surface area contributed by atoms with Gasteiger partial charge in [0.05, 0.1) is 14.2 Å². The van der Waals surface area contributed by atoms with Gasteiger partial charge in [-0.25, -0.2) is 0 Å². The van der Waals surface area contributed by atoms with Crippen LogP contribution in [0, 0.1) is 6.92 Å². The zero-order valence-corrected chi connectivity index (χ0v) is 27.5. The quantitative estimate of drug-likeness (QED) is 0.0931. The van der Waals surface area contributed by atoms with Crippen molar-refractivity contribution in [2.24, 2.45) is 0 Å². The van der Waals surface area contributed by atoms with Crippen LogP contribution in [-0.2, 0) is 9.59 Å². The topological polar surface area (TPSA) is 106 Å². The number of carbonyl (C=O) groups excluding carboxylic acids is 3. The minimum Gasteiger partial charge on any atom is -0.497 e. The number of anilines is 2. The fourth-order valence-corrected chi connectivity index (χ4v) is 5.77. The lowest BCUT2D eigenvalue weighted by molar-refractivity contribution is -0.116. The van der Waals surface area contributed by atoms with Crippen LogP contribution < -0.4 is 25.4 Å². The molecular formula is C39H35N3O5S. The molecule has 1 atom stereocenters. The van der Waals surface area contributed by atoms with Gasteiger partial charge in [0.25, 0.3) is 11.8 Å². The van der Waals surface area contributed by atoms with Gasteiger partial charge in [0.1, 0.15) is 22.4 Å². The molecule has 0 saturated carbocycles. The lowest BCUT2D eigenvalue weighted by Gasteiger charge is -2.18. The summed E-state index contributed by atoms with van der Waals surface area (Å²) in [6.45, 7) is 2.00. The van der Waals surface area contributed by atoms with Crippen LogP contribution in [0.5, 0.6) is 11.5 Å². The van der Waals surface area contributed by atoms with E-state index in [1.165, 1.54) is 18.9 Å². The van der Waals surface area contributed by atoms with Gasteiger partial charge in [0.2, 0.25) is 5.91 Å². The van der Waals surface area contributed by atoms with Gasteiger partial charge >= 0.3 is 0 Å². The van der Waals surface area contributed by atoms with Crippen molar-refractivity contribution in [1.29, 1.82) is 0 Å². The van der Waals surface area contributed by atoms with Gasteiger partial charge in [-0.15, -0.1) is 11.8 Å². The molecule has 48 heavy (non-hydrogen) atoms. The van der Waals surface area contributed by atoms with Gasteiger partial charge in [-0.1, -0.05) is 66.2 Å². The summed E-state index contributed by atoms with van der Waals surface area (Å²) in [4.78, 5) is 41.1. The summed E-state index contributed by atoms with van der Waals surface area (Å²) in [6.07, 6.45) is 1.54. The van der Waals surface area contributed by atoms with Gasteiger partial charge in [-0.2, -0.15) is 0 Å². The van der Waals surface area contributed by atoms with Crippen molar-refractivity contribution in [3.63, 3.8) is 0 Å². The average molecular weight is 658 g/mol. The second-order valence-corrected chi connectivity index (χ2v) is 11.9. The Hall–Kier alpha value is -5.80. The molecule has 0 spiro atoms. The Kier molecular flexibility index (Phi) is 11.3. The average Bonchev–Trinajstić information content (AvgIpc) is 3.12. The Labute approximate surface area is 284 Å². The monoisotopic (exact) mass is 657 g/mol. The first-order chi connectivity index (χ1) is 23.3. The van der Waals surface area contributed by atoms with Crippen LogP contribution in [0.4, 0.5) is 11.4 Å². The highest BCUT2D eigenvalue weighted by molar-refractivity contribution is 8.00. The van der Waals surface area contributed by atoms with Crippen molar-refractivity contribution in [3.8, 4) is 11.5 Å². The molecule has 5 rings (SSSR count). The number of thioether (sulfide) groups is 1. The number of ether oxygens (including phenoxy) is 2. The Morgan fingerprint density at radius 3 is 1.98 bits per heavy atom. The Morgan fingerprint density at radius 1 is 0.708 bits per heavy atom. The second kappa shape index (κ2) is 16.2. The molecule has 242 valence electrons. The van der Waals surface area contributed by atoms with Gasteiger partial charge in [0, 0.05) is 27.4 Å². The maximum absolute atomic E-state index is 13.6. The number of methoxy groups -OCH3 is 2. The predicted molar refractivity (Wildman–Crippen MR) is 191 cm³/mol. The van der Waals surface area contributed by atoms with Gasteiger partial charge in [-0.05, 0) is 85.3 Å². The third-order valence-electron chi connectivity index (χ3n) is 7.29. The number of rotatable bonds is 12. The number of aryl methyl sites for hydroxylation is 1. The number of benzene rings is 5. The number of amides is 3. The summed E-state index contributed by atoms with van der Waals surface area (Å²) in [7, 11) is 3.07. The third-order valence-corrected chi connectivity index (χ3v) is 8.56. The highest BCUT2D eigenvalue weighted by Crippen LogP contribution is 2.37. The molecule has 0 heterocycles. The Morgan fingerprint density at radius 2 is 1.33 bits per heavy atom. The maximum Gasteiger partial charge on any atom is 0.272 e. The zero-order valence-electron chi connectivity index (χ0n) is 26.7. The van der Waals surface area contributed by atoms with E-state index in [-0.39, 0.29) is 11.6 Å². The van der Waals surface area contributed by atoms with Gasteiger partial charge in [0.15, 0.2) is 0 Å². The molecule has 0 aliphatic heterocycles. The Bertz CT molecular complexity index is 1890. The molecule has 8 nitrogen and oxygen atoms in total. The van der Waals surface area contributed by atoms with Gasteiger partial charge < -0.3 is 25.4 Å². The molecule has 3 N–H and O–H groups in total. The normalized spacial score (nSPS) is 11.6. The predicted octanol–water partition coefficient (Wildman–Crippen LogP) is 7.89. The first-order valence-corrected chi connectivity index (χ1v) is 16.0. The van der Waals surface area contributed by atoms with E-state index in [4.69, 9.17) is 9.47 Å². The smallest absolute Gasteiger partial charge is 0.272 e. The first-order valence-electron chi connectivity index (χ1n) is 15.1. The lowest BCUT2D eigenvalue weighted by atomic mass is 10.1. The van der Waals surface area contributed by atoms with Crippen LogP contribution in [-0.4, -0.2) is 31.9 Å². The molecule has 5 aromatic carbocycles. The van der Waals surface area contributed by atoms with Crippen LogP contribution in [0.3, 0.4) is 0 Å². The van der Waals surface area contributed by atoms with E-state index in [1.807, 2.05) is 79.7 Å². The molecule has 0 bridgehead atoms. The largest absolute Gasteiger partial charge is 0.497 e. The minimum absolute atomic E-state index is 0.00535. The standard InChI is InChI=1S/C39H35N3O5S/c1-26-14-16-30(17-15-26)41-39(45)36(27-10-6-4-7-11-27)48-33-21-18-31(19-22-33)40-38(44)34(42-37(43)28-12-8-5-9-13-28)25-29-24-32(46-2)20-23-35(29)47-3/h4-25,36H,1-3H3,(H,40,44)(H,41,45)(H,42,43)/b34-25-. The highest BCUT2D eigenvalue weighted by atomic mass is 32.2. The van der Waals surface area contributed by atoms with E-state index in [2.05, 4.69) is 16.0 Å². The van der Waals surface area contributed by atoms with Crippen LogP contribution >= 0.6 is 11.8 Å². The van der Waals surface area contributed by atoms with Crippen molar-refractivity contribution in [2.75, 3.05) is 24.9 Å². The van der Waals surface area contributed by atoms with E-state index < -0.39 is 17.1 Å². The molecule has 5 aromatic rings. The summed E-state index contributed by atoms with van der Waals surface area (Å²) in [5.74, 6) is -0.0727. The molecule has 0 aromatic heterocycles. The van der Waals surface area contributed by atoms with Crippen molar-refractivity contribution in [3.05, 3.63) is 155 Å². The molecule has 0 fully saturated rings. The number of carbonyl (C=O) groups is 3. The summed E-state index contributed by atoms with van der Waals surface area (Å²) in [5, 5.41) is 8.13. The van der Waals surface area contributed by atoms with Crippen LogP contribution in [0.25, 0.3) is 6.08 Å². The van der Waals surface area contributed by atoms with E-state index in [1.54, 1.807) is 67.8 Å². The molecule has 1 unspecified atom stereocenters. The van der Waals surface area contributed by atoms with Crippen molar-refractivity contribution < 1.29 is 23.9 Å². The van der Waals surface area contributed by atoms with Crippen molar-refractivity contribution in [1.82, 2.24) is 5.32 Å². The van der Waals surface area contributed by atoms with Crippen molar-refractivity contribution in [2.45, 2.75) is 17.1 Å². The van der Waals surface area contributed by atoms with Crippen LogP contribution in [0.15, 0.2) is 138 Å². The summed E-state index contributed by atoms with van der Waals surface area (Å²) in [5.41, 5.74) is 4.14. The van der Waals surface area contributed by atoms with E-state index in [0.29, 0.717) is 28.3 Å². The molecule has 9 heteroatoms. The highest BCUT2D eigenvalue weighted by Gasteiger charge is 2.23. The number of hydrogen-bond donors (Lipinski definition) is 3. The fraction of sp³-hybridized carbons (Fsp3) is 0.103. The minimum atomic E-state index is -0.538. The molecule has 0 saturated heterocycles. The third kappa shape index (κ3) is 8.92. The number of nitrogens with one attached hydrogen (secondary N) is 3. The van der Waals surface area contributed by atoms with Gasteiger partial charge in [-0.3, -0.25) is 14.4 Å². The number of hydrogen-bond acceptors (Lipinski definition) is 6. The summed E-state index contributed by atoms with van der Waals surface area (Å²) >= 11 is 1.40. The molecule has 3 amide bonds. The molecular weight excluding hydrogens is 623 g/mol. The SMILES string of the molecule is COc1ccc(OC)c(/C=C(\NC(=O)c2ccccc2)C(=O)Nc2ccc(SC(C(=O)Nc3ccc(C)cc3)c3ccccc3)cc2)c1.